The van der Waals surface area contributed by atoms with E-state index in [1.165, 1.54) is 0 Å². The fourth-order valence-electron chi connectivity index (χ4n) is 3.49. The second kappa shape index (κ2) is 5.70. The van der Waals surface area contributed by atoms with E-state index in [2.05, 4.69) is 11.9 Å². The van der Waals surface area contributed by atoms with E-state index in [0.717, 1.165) is 44.5 Å². The molecule has 1 aromatic heterocycles. The molecule has 7 heteroatoms. The lowest BCUT2D eigenvalue weighted by molar-refractivity contribution is 0.192. The molecule has 0 aromatic carbocycles. The van der Waals surface area contributed by atoms with Crippen LogP contribution in [0.1, 0.15) is 38.4 Å². The smallest absolute Gasteiger partial charge is 0.262 e. The Morgan fingerprint density at radius 3 is 2.86 bits per heavy atom. The Morgan fingerprint density at radius 2 is 2.14 bits per heavy atom. The van der Waals surface area contributed by atoms with Gasteiger partial charge in [0.05, 0.1) is 0 Å². The number of fused-ring (bicyclic) bond motifs is 1. The maximum absolute atomic E-state index is 12.9. The molecule has 2 aliphatic rings. The van der Waals surface area contributed by atoms with Gasteiger partial charge in [-0.1, -0.05) is 6.92 Å². The minimum absolute atomic E-state index is 0.109. The zero-order valence-corrected chi connectivity index (χ0v) is 13.3. The minimum Gasteiger partial charge on any atom is -0.333 e. The van der Waals surface area contributed by atoms with Crippen LogP contribution in [-0.2, 0) is 23.0 Å². The van der Waals surface area contributed by atoms with E-state index < -0.39 is 10.0 Å². The fraction of sp³-hybridized carbons (Fsp3) is 0.786. The molecule has 1 fully saturated rings. The molecule has 2 N–H and O–H groups in total. The molecule has 0 saturated carbocycles. The summed E-state index contributed by atoms with van der Waals surface area (Å²) in [5.41, 5.74) is 5.82. The van der Waals surface area contributed by atoms with E-state index >= 15 is 0 Å². The summed E-state index contributed by atoms with van der Waals surface area (Å²) in [6.07, 6.45) is 6.68. The third kappa shape index (κ3) is 2.62. The topological polar surface area (TPSA) is 81.2 Å². The highest BCUT2D eigenvalue weighted by Gasteiger charge is 2.38. The van der Waals surface area contributed by atoms with Crippen LogP contribution in [0.2, 0.25) is 0 Å². The van der Waals surface area contributed by atoms with Gasteiger partial charge in [0, 0.05) is 38.3 Å². The zero-order valence-electron chi connectivity index (χ0n) is 12.5. The van der Waals surface area contributed by atoms with Crippen molar-refractivity contribution in [2.45, 2.75) is 56.6 Å². The van der Waals surface area contributed by atoms with Crippen LogP contribution in [-0.4, -0.2) is 41.4 Å². The van der Waals surface area contributed by atoms with Gasteiger partial charge >= 0.3 is 0 Å². The highest BCUT2D eigenvalue weighted by Crippen LogP contribution is 2.29. The predicted molar refractivity (Wildman–Crippen MR) is 80.3 cm³/mol. The first kappa shape index (κ1) is 15.0. The molecule has 0 amide bonds. The number of nitrogens with two attached hydrogens (primary N) is 1. The molecule has 0 aliphatic carbocycles. The highest BCUT2D eigenvalue weighted by molar-refractivity contribution is 7.89. The Kier molecular flexibility index (Phi) is 4.07. The van der Waals surface area contributed by atoms with Gasteiger partial charge in [-0.2, -0.15) is 4.31 Å². The number of imidazole rings is 1. The lowest BCUT2D eigenvalue weighted by Gasteiger charge is -2.37. The first-order valence-electron chi connectivity index (χ1n) is 7.82. The van der Waals surface area contributed by atoms with Crippen LogP contribution < -0.4 is 5.73 Å². The summed E-state index contributed by atoms with van der Waals surface area (Å²) in [5.74, 6) is 1.20. The van der Waals surface area contributed by atoms with Gasteiger partial charge < -0.3 is 10.3 Å². The Morgan fingerprint density at radius 1 is 1.33 bits per heavy atom. The van der Waals surface area contributed by atoms with Crippen molar-refractivity contribution < 1.29 is 8.42 Å². The van der Waals surface area contributed by atoms with Crippen molar-refractivity contribution in [2.24, 2.45) is 11.7 Å². The number of hydrogen-bond donors (Lipinski definition) is 1. The minimum atomic E-state index is -3.53. The van der Waals surface area contributed by atoms with Gasteiger partial charge in [-0.25, -0.2) is 13.4 Å². The second-order valence-corrected chi connectivity index (χ2v) is 8.02. The highest BCUT2D eigenvalue weighted by atomic mass is 32.2. The number of aromatic nitrogens is 2. The van der Waals surface area contributed by atoms with E-state index in [1.54, 1.807) is 10.5 Å². The SMILES string of the molecule is CC1CCCN(S(=O)(=O)c2cn3c(n2)CCCC3)C1CN. The van der Waals surface area contributed by atoms with E-state index in [4.69, 9.17) is 5.73 Å². The fourth-order valence-corrected chi connectivity index (χ4v) is 5.23. The number of hydrogen-bond acceptors (Lipinski definition) is 4. The summed E-state index contributed by atoms with van der Waals surface area (Å²) in [6.45, 7) is 3.87. The molecule has 2 aliphatic heterocycles. The lowest BCUT2D eigenvalue weighted by Crippen LogP contribution is -2.51. The normalized spacial score (nSPS) is 27.5. The largest absolute Gasteiger partial charge is 0.333 e. The van der Waals surface area contributed by atoms with Crippen molar-refractivity contribution in [1.82, 2.24) is 13.9 Å². The van der Waals surface area contributed by atoms with Crippen LogP contribution >= 0.6 is 0 Å². The number of piperidine rings is 1. The van der Waals surface area contributed by atoms with Gasteiger partial charge in [-0.3, -0.25) is 0 Å². The van der Waals surface area contributed by atoms with Crippen molar-refractivity contribution in [3.8, 4) is 0 Å². The van der Waals surface area contributed by atoms with E-state index in [0.29, 0.717) is 19.0 Å². The number of sulfonamides is 1. The standard InChI is InChI=1S/C14H24N4O2S/c1-11-5-4-8-18(12(11)9-15)21(19,20)14-10-17-7-3-2-6-13(17)16-14/h10-12H,2-9,15H2,1H3. The van der Waals surface area contributed by atoms with Gasteiger partial charge in [0.1, 0.15) is 5.82 Å². The van der Waals surface area contributed by atoms with Crippen LogP contribution in [0.4, 0.5) is 0 Å². The average molecular weight is 312 g/mol. The average Bonchev–Trinajstić information content (AvgIpc) is 2.91. The van der Waals surface area contributed by atoms with Crippen molar-refractivity contribution in [3.05, 3.63) is 12.0 Å². The molecule has 3 rings (SSSR count). The predicted octanol–water partition coefficient (Wildman–Crippen LogP) is 0.967. The Balaban J connectivity index is 1.93. The van der Waals surface area contributed by atoms with Crippen molar-refractivity contribution in [1.29, 1.82) is 0 Å². The summed E-state index contributed by atoms with van der Waals surface area (Å²) >= 11 is 0. The zero-order chi connectivity index (χ0) is 15.0. The quantitative estimate of drug-likeness (QED) is 0.901. The van der Waals surface area contributed by atoms with Gasteiger partial charge in [0.15, 0.2) is 5.03 Å². The molecule has 3 heterocycles. The first-order chi connectivity index (χ1) is 10.0. The molecule has 0 bridgehead atoms. The third-order valence-electron chi connectivity index (χ3n) is 4.77. The summed E-state index contributed by atoms with van der Waals surface area (Å²) in [4.78, 5) is 4.38. The molecule has 1 saturated heterocycles. The second-order valence-electron chi connectivity index (χ2n) is 6.18. The molecule has 6 nitrogen and oxygen atoms in total. The van der Waals surface area contributed by atoms with Crippen molar-refractivity contribution in [2.75, 3.05) is 13.1 Å². The van der Waals surface area contributed by atoms with Gasteiger partial charge in [0.25, 0.3) is 10.0 Å². The van der Waals surface area contributed by atoms with E-state index in [9.17, 15) is 8.42 Å². The third-order valence-corrected chi connectivity index (χ3v) is 6.56. The first-order valence-corrected chi connectivity index (χ1v) is 9.26. The van der Waals surface area contributed by atoms with Gasteiger partial charge in [0.2, 0.25) is 0 Å². The van der Waals surface area contributed by atoms with Crippen LogP contribution in [0.25, 0.3) is 0 Å². The molecule has 2 unspecified atom stereocenters. The molecule has 0 spiro atoms. The maximum atomic E-state index is 12.9. The van der Waals surface area contributed by atoms with E-state index in [1.807, 2.05) is 4.57 Å². The van der Waals surface area contributed by atoms with Crippen LogP contribution in [0.3, 0.4) is 0 Å². The van der Waals surface area contributed by atoms with Gasteiger partial charge in [-0.15, -0.1) is 0 Å². The molecule has 0 radical (unpaired) electrons. The number of nitrogens with zero attached hydrogens (tertiary/aromatic N) is 3. The summed E-state index contributed by atoms with van der Waals surface area (Å²) in [5, 5.41) is 0.201. The molecular weight excluding hydrogens is 288 g/mol. The maximum Gasteiger partial charge on any atom is 0.262 e. The summed E-state index contributed by atoms with van der Waals surface area (Å²) < 4.78 is 29.4. The summed E-state index contributed by atoms with van der Waals surface area (Å²) in [7, 11) is -3.53. The molecule has 2 atom stereocenters. The number of rotatable bonds is 3. The summed E-state index contributed by atoms with van der Waals surface area (Å²) in [6, 6.07) is -0.109. The molecular formula is C14H24N4O2S. The van der Waals surface area contributed by atoms with Crippen LogP contribution in [0, 0.1) is 5.92 Å². The molecule has 21 heavy (non-hydrogen) atoms. The van der Waals surface area contributed by atoms with Gasteiger partial charge in [-0.05, 0) is 31.6 Å². The van der Waals surface area contributed by atoms with Crippen LogP contribution in [0.15, 0.2) is 11.2 Å². The lowest BCUT2D eigenvalue weighted by atomic mass is 9.93. The Bertz CT molecular complexity index is 587. The number of aryl methyl sites for hydroxylation is 2. The van der Waals surface area contributed by atoms with E-state index in [-0.39, 0.29) is 11.1 Å². The molecule has 1 aromatic rings. The van der Waals surface area contributed by atoms with Crippen LogP contribution in [0.5, 0.6) is 0 Å². The monoisotopic (exact) mass is 312 g/mol. The Labute approximate surface area is 126 Å². The van der Waals surface area contributed by atoms with Crippen molar-refractivity contribution in [3.63, 3.8) is 0 Å². The Hall–Kier alpha value is -0.920. The van der Waals surface area contributed by atoms with Crippen molar-refractivity contribution >= 4 is 10.0 Å². The molecule has 118 valence electrons.